The molecule has 4 heteroatoms. The third-order valence-corrected chi connectivity index (χ3v) is 1.83. The van der Waals surface area contributed by atoms with Gasteiger partial charge in [0.2, 0.25) is 0 Å². The molecule has 0 aliphatic heterocycles. The van der Waals surface area contributed by atoms with Crippen LogP contribution in [0.15, 0.2) is 0 Å². The molecule has 0 aromatic rings. The van der Waals surface area contributed by atoms with Crippen LogP contribution in [0.3, 0.4) is 0 Å². The van der Waals surface area contributed by atoms with E-state index in [-0.39, 0.29) is 5.92 Å². The van der Waals surface area contributed by atoms with Crippen molar-refractivity contribution in [2.24, 2.45) is 5.92 Å². The fourth-order valence-corrected chi connectivity index (χ4v) is 0.926. The highest BCUT2D eigenvalue weighted by molar-refractivity contribution is 5.69. The average Bonchev–Trinajstić information content (AvgIpc) is 2.02. The molecule has 1 atom stereocenters. The molecule has 0 rings (SSSR count). The minimum atomic E-state index is -0.736. The molecule has 78 valence electrons. The van der Waals surface area contributed by atoms with Crippen LogP contribution in [0, 0.1) is 5.92 Å². The van der Waals surface area contributed by atoms with Gasteiger partial charge in [-0.15, -0.1) is 0 Å². The van der Waals surface area contributed by atoms with Gasteiger partial charge in [0.1, 0.15) is 0 Å². The number of carbonyl (C=O) groups is 1. The van der Waals surface area contributed by atoms with Crippen LogP contribution in [-0.2, 0) is 4.79 Å². The maximum Gasteiger partial charge on any atom is 0.307 e. The van der Waals surface area contributed by atoms with E-state index in [1.807, 2.05) is 14.1 Å². The quantitative estimate of drug-likeness (QED) is 0.562. The van der Waals surface area contributed by atoms with Gasteiger partial charge in [-0.3, -0.25) is 4.79 Å². The summed E-state index contributed by atoms with van der Waals surface area (Å²) in [6.45, 7) is 4.19. The summed E-state index contributed by atoms with van der Waals surface area (Å²) < 4.78 is 0. The first-order valence-corrected chi connectivity index (χ1v) is 4.62. The lowest BCUT2D eigenvalue weighted by Crippen LogP contribution is -2.28. The predicted octanol–water partition coefficient (Wildman–Crippen LogP) is 0.248. The van der Waals surface area contributed by atoms with Crippen molar-refractivity contribution in [3.63, 3.8) is 0 Å². The Balaban J connectivity index is 3.21. The monoisotopic (exact) mass is 188 g/mol. The van der Waals surface area contributed by atoms with Gasteiger partial charge < -0.3 is 15.3 Å². The third-order valence-electron chi connectivity index (χ3n) is 1.83. The van der Waals surface area contributed by atoms with Crippen molar-refractivity contribution in [1.82, 2.24) is 10.2 Å². The summed E-state index contributed by atoms with van der Waals surface area (Å²) in [6, 6.07) is 0. The molecule has 0 aromatic heterocycles. The molecule has 0 aliphatic carbocycles. The van der Waals surface area contributed by atoms with E-state index in [4.69, 9.17) is 5.11 Å². The number of carboxylic acid groups (broad SMARTS) is 1. The summed E-state index contributed by atoms with van der Waals surface area (Å²) in [5.41, 5.74) is 0. The number of rotatable bonds is 7. The lowest BCUT2D eigenvalue weighted by molar-refractivity contribution is -0.140. The fraction of sp³-hybridized carbons (Fsp3) is 0.889. The van der Waals surface area contributed by atoms with Gasteiger partial charge >= 0.3 is 5.97 Å². The van der Waals surface area contributed by atoms with Crippen molar-refractivity contribution in [3.8, 4) is 0 Å². The van der Waals surface area contributed by atoms with Crippen molar-refractivity contribution in [2.75, 3.05) is 33.7 Å². The Morgan fingerprint density at radius 2 is 2.15 bits per heavy atom. The van der Waals surface area contributed by atoms with E-state index in [0.29, 0.717) is 6.54 Å². The second-order valence-electron chi connectivity index (χ2n) is 3.60. The third kappa shape index (κ3) is 7.74. The van der Waals surface area contributed by atoms with Crippen molar-refractivity contribution in [1.29, 1.82) is 0 Å². The molecular formula is C9H20N2O2. The van der Waals surface area contributed by atoms with Crippen LogP contribution in [0.4, 0.5) is 0 Å². The van der Waals surface area contributed by atoms with Crippen molar-refractivity contribution in [2.45, 2.75) is 13.3 Å². The Labute approximate surface area is 79.9 Å². The molecular weight excluding hydrogens is 168 g/mol. The summed E-state index contributed by atoms with van der Waals surface area (Å²) in [4.78, 5) is 12.5. The molecule has 2 N–H and O–H groups in total. The number of aliphatic carboxylic acids is 1. The van der Waals surface area contributed by atoms with Gasteiger partial charge in [0.05, 0.1) is 5.92 Å². The maximum atomic E-state index is 10.4. The van der Waals surface area contributed by atoms with Gasteiger partial charge in [-0.25, -0.2) is 0 Å². The van der Waals surface area contributed by atoms with Crippen LogP contribution in [0.25, 0.3) is 0 Å². The maximum absolute atomic E-state index is 10.4. The Bertz CT molecular complexity index is 149. The van der Waals surface area contributed by atoms with Gasteiger partial charge in [0.25, 0.3) is 0 Å². The average molecular weight is 188 g/mol. The molecule has 0 spiro atoms. The Hall–Kier alpha value is -0.610. The summed E-state index contributed by atoms with van der Waals surface area (Å²) >= 11 is 0. The zero-order valence-electron chi connectivity index (χ0n) is 8.71. The molecule has 0 amide bonds. The molecule has 4 nitrogen and oxygen atoms in total. The summed E-state index contributed by atoms with van der Waals surface area (Å²) in [6.07, 6.45) is 1.05. The Kier molecular flexibility index (Phi) is 6.54. The molecule has 1 unspecified atom stereocenters. The van der Waals surface area contributed by atoms with E-state index < -0.39 is 5.97 Å². The Morgan fingerprint density at radius 3 is 2.62 bits per heavy atom. The zero-order chi connectivity index (χ0) is 10.3. The SMILES string of the molecule is CC(CNCCCN(C)C)C(=O)O. The molecule has 0 saturated carbocycles. The van der Waals surface area contributed by atoms with Crippen LogP contribution in [0.1, 0.15) is 13.3 Å². The van der Waals surface area contributed by atoms with E-state index in [1.54, 1.807) is 6.92 Å². The van der Waals surface area contributed by atoms with Crippen molar-refractivity contribution in [3.05, 3.63) is 0 Å². The number of nitrogens with zero attached hydrogens (tertiary/aromatic N) is 1. The molecule has 0 fully saturated rings. The van der Waals surface area contributed by atoms with Crippen molar-refractivity contribution >= 4 is 5.97 Å². The highest BCUT2D eigenvalue weighted by Gasteiger charge is 2.08. The van der Waals surface area contributed by atoms with Crippen LogP contribution in [-0.4, -0.2) is 49.7 Å². The first kappa shape index (κ1) is 12.4. The van der Waals surface area contributed by atoms with E-state index in [9.17, 15) is 4.79 Å². The van der Waals surface area contributed by atoms with Gasteiger partial charge in [-0.1, -0.05) is 6.92 Å². The smallest absolute Gasteiger partial charge is 0.307 e. The molecule has 13 heavy (non-hydrogen) atoms. The summed E-state index contributed by atoms with van der Waals surface area (Å²) in [7, 11) is 4.06. The Morgan fingerprint density at radius 1 is 1.54 bits per heavy atom. The van der Waals surface area contributed by atoms with Gasteiger partial charge in [0.15, 0.2) is 0 Å². The molecule has 0 heterocycles. The largest absolute Gasteiger partial charge is 0.481 e. The van der Waals surface area contributed by atoms with E-state index in [1.165, 1.54) is 0 Å². The minimum Gasteiger partial charge on any atom is -0.481 e. The van der Waals surface area contributed by atoms with Crippen LogP contribution in [0.2, 0.25) is 0 Å². The molecule has 0 radical (unpaired) electrons. The van der Waals surface area contributed by atoms with Crippen LogP contribution in [0.5, 0.6) is 0 Å². The lowest BCUT2D eigenvalue weighted by Gasteiger charge is -2.11. The van der Waals surface area contributed by atoms with Gasteiger partial charge in [0, 0.05) is 6.54 Å². The lowest BCUT2D eigenvalue weighted by atomic mass is 10.2. The highest BCUT2D eigenvalue weighted by Crippen LogP contribution is 1.91. The second-order valence-corrected chi connectivity index (χ2v) is 3.60. The first-order chi connectivity index (χ1) is 6.04. The van der Waals surface area contributed by atoms with Crippen molar-refractivity contribution < 1.29 is 9.90 Å². The second kappa shape index (κ2) is 6.86. The predicted molar refractivity (Wildman–Crippen MR) is 52.8 cm³/mol. The van der Waals surface area contributed by atoms with Gasteiger partial charge in [-0.2, -0.15) is 0 Å². The molecule has 0 saturated heterocycles. The van der Waals surface area contributed by atoms with E-state index >= 15 is 0 Å². The topological polar surface area (TPSA) is 52.6 Å². The number of carboxylic acids is 1. The standard InChI is InChI=1S/C9H20N2O2/c1-8(9(12)13)7-10-5-4-6-11(2)3/h8,10H,4-7H2,1-3H3,(H,12,13). The highest BCUT2D eigenvalue weighted by atomic mass is 16.4. The van der Waals surface area contributed by atoms with Gasteiger partial charge in [-0.05, 0) is 33.6 Å². The normalized spacial score (nSPS) is 13.2. The number of nitrogens with one attached hydrogen (secondary N) is 1. The molecule has 0 bridgehead atoms. The number of hydrogen-bond acceptors (Lipinski definition) is 3. The van der Waals surface area contributed by atoms with Crippen LogP contribution < -0.4 is 5.32 Å². The number of hydrogen-bond donors (Lipinski definition) is 2. The van der Waals surface area contributed by atoms with E-state index in [2.05, 4.69) is 10.2 Å². The summed E-state index contributed by atoms with van der Waals surface area (Å²) in [5.74, 6) is -1.03. The van der Waals surface area contributed by atoms with Crippen LogP contribution >= 0.6 is 0 Å². The summed E-state index contributed by atoms with van der Waals surface area (Å²) in [5, 5.41) is 11.7. The fourth-order valence-electron chi connectivity index (χ4n) is 0.926. The minimum absolute atomic E-state index is 0.292. The molecule has 0 aromatic carbocycles. The van der Waals surface area contributed by atoms with E-state index in [0.717, 1.165) is 19.5 Å². The zero-order valence-corrected chi connectivity index (χ0v) is 8.71. The molecule has 0 aliphatic rings. The first-order valence-electron chi connectivity index (χ1n) is 4.62.